The summed E-state index contributed by atoms with van der Waals surface area (Å²) in [6.07, 6.45) is 3.54. The van der Waals surface area contributed by atoms with Crippen molar-refractivity contribution in [2.45, 2.75) is 111 Å². The predicted molar refractivity (Wildman–Crippen MR) is 344 cm³/mol. The van der Waals surface area contributed by atoms with Crippen LogP contribution in [-0.2, 0) is 42.7 Å². The molecule has 0 radical (unpaired) electrons. The molecule has 9 aromatic carbocycles. The number of pyridine rings is 1. The van der Waals surface area contributed by atoms with Crippen molar-refractivity contribution in [1.82, 2.24) is 4.98 Å². The molecular formula is C77H73N4OPt-3. The molecule has 1 aromatic heterocycles. The first kappa shape index (κ1) is 44.6. The molecule has 420 valence electrons. The smallest absolute Gasteiger partial charge is 0.130 e. The maximum absolute atomic E-state index is 9.69. The van der Waals surface area contributed by atoms with Gasteiger partial charge in [-0.05, 0) is 121 Å². The van der Waals surface area contributed by atoms with Crippen LogP contribution in [0.5, 0.6) is 11.5 Å². The Morgan fingerprint density at radius 2 is 1.20 bits per heavy atom. The fraction of sp³-hybridized carbons (Fsp3) is 0.221. The second kappa shape index (κ2) is 22.3. The minimum absolute atomic E-state index is 0. The molecule has 2 aliphatic rings. The van der Waals surface area contributed by atoms with Crippen molar-refractivity contribution in [2.75, 3.05) is 15.1 Å². The third kappa shape index (κ3) is 11.5. The van der Waals surface area contributed by atoms with Crippen molar-refractivity contribution in [1.29, 1.82) is 0 Å². The number of hydrogen-bond acceptors (Lipinski definition) is 5. The van der Waals surface area contributed by atoms with Crippen molar-refractivity contribution in [3.8, 4) is 67.1 Å². The second-order valence-electron chi connectivity index (χ2n) is 24.9. The first-order valence-corrected chi connectivity index (χ1v) is 28.1. The largest absolute Gasteiger partial charge is 0.509 e. The Morgan fingerprint density at radius 3 is 1.89 bits per heavy atom. The number of para-hydroxylation sites is 4. The summed E-state index contributed by atoms with van der Waals surface area (Å²) in [5, 5.41) is 3.11. The SMILES string of the molecule is [2H]c1c([2H])c([2H])c(-c2c[c-]c(Oc3[c-]c(N4[CH-]N(c5c(-c6cc(C(C)(C)C)cc(C(C)(C)C)c6)cccc5-c5c([2H])c([2H])c(-c6ccccc6)c([2H])c5[2H])c5ccccc54)ccc3)cc2)c(Nc2cc(C([2H])([2H])[2H])c(-c3ccc4c(c3)C(C)(C)CCC4(C)C)cn2)c1[2H].[Pt]. The Labute approximate surface area is 523 Å². The molecule has 12 rings (SSSR count). The number of ether oxygens (including phenoxy) is 1. The summed E-state index contributed by atoms with van der Waals surface area (Å²) >= 11 is 0. The zero-order valence-corrected chi connectivity index (χ0v) is 50.8. The van der Waals surface area contributed by atoms with E-state index in [-0.39, 0.29) is 118 Å². The van der Waals surface area contributed by atoms with Gasteiger partial charge in [-0.1, -0.05) is 214 Å². The molecule has 0 atom stereocenters. The van der Waals surface area contributed by atoms with E-state index in [0.29, 0.717) is 39.4 Å². The summed E-state index contributed by atoms with van der Waals surface area (Å²) in [7, 11) is 0. The number of aromatic nitrogens is 1. The average Bonchev–Trinajstić information content (AvgIpc) is 1.29. The summed E-state index contributed by atoms with van der Waals surface area (Å²) < 4.78 is 107. The van der Waals surface area contributed by atoms with Crippen LogP contribution in [-0.4, -0.2) is 4.98 Å². The Balaban J connectivity index is 0.00000901. The van der Waals surface area contributed by atoms with Crippen molar-refractivity contribution in [3.63, 3.8) is 0 Å². The zero-order valence-electron chi connectivity index (χ0n) is 59.6. The minimum Gasteiger partial charge on any atom is -0.509 e. The number of nitrogens with one attached hydrogen (secondary N) is 1. The van der Waals surface area contributed by atoms with Gasteiger partial charge in [-0.2, -0.15) is 18.2 Å². The molecule has 2 heterocycles. The normalized spacial score (nSPS) is 16.4. The summed E-state index contributed by atoms with van der Waals surface area (Å²) in [6, 6.07) is 52.0. The van der Waals surface area contributed by atoms with Gasteiger partial charge in [0.1, 0.15) is 5.82 Å². The first-order valence-electron chi connectivity index (χ1n) is 33.6. The van der Waals surface area contributed by atoms with E-state index < -0.39 is 18.9 Å². The van der Waals surface area contributed by atoms with Crippen LogP contribution < -0.4 is 19.9 Å². The number of nitrogens with zero attached hydrogens (tertiary/aromatic N) is 3. The molecule has 0 bridgehead atoms. The van der Waals surface area contributed by atoms with E-state index in [2.05, 4.69) is 133 Å². The van der Waals surface area contributed by atoms with E-state index >= 15 is 0 Å². The van der Waals surface area contributed by atoms with E-state index in [4.69, 9.17) is 13.0 Å². The van der Waals surface area contributed by atoms with Crippen LogP contribution in [0.4, 0.5) is 34.3 Å². The molecule has 10 aromatic rings. The number of anilines is 6. The van der Waals surface area contributed by atoms with Gasteiger partial charge < -0.3 is 19.9 Å². The minimum atomic E-state index is -2.56. The van der Waals surface area contributed by atoms with E-state index in [0.717, 1.165) is 52.0 Å². The monoisotopic (exact) mass is 1280 g/mol. The van der Waals surface area contributed by atoms with Gasteiger partial charge in [0.25, 0.3) is 0 Å². The quantitative estimate of drug-likeness (QED) is 0.131. The Bertz CT molecular complexity index is 4550. The zero-order chi connectivity index (χ0) is 66.6. The Kier molecular flexibility index (Phi) is 12.0. The molecule has 0 fully saturated rings. The number of benzene rings is 9. The predicted octanol–water partition coefficient (Wildman–Crippen LogP) is 21.2. The Morgan fingerprint density at radius 1 is 0.566 bits per heavy atom. The first-order chi connectivity index (χ1) is 43.8. The molecular weight excluding hydrogens is 1190 g/mol. The fourth-order valence-electron chi connectivity index (χ4n) is 11.2. The van der Waals surface area contributed by atoms with E-state index in [1.165, 1.54) is 23.4 Å². The molecule has 0 saturated heterocycles. The van der Waals surface area contributed by atoms with Crippen molar-refractivity contribution < 1.29 is 40.9 Å². The number of fused-ring (bicyclic) bond motifs is 2. The molecule has 83 heavy (non-hydrogen) atoms. The molecule has 0 unspecified atom stereocenters. The van der Waals surface area contributed by atoms with Crippen LogP contribution in [0.1, 0.15) is 125 Å². The third-order valence-corrected chi connectivity index (χ3v) is 16.2. The van der Waals surface area contributed by atoms with E-state index in [9.17, 15) is 6.85 Å². The molecule has 5 nitrogen and oxygen atoms in total. The van der Waals surface area contributed by atoms with Crippen molar-refractivity contribution >= 4 is 34.3 Å². The van der Waals surface area contributed by atoms with Gasteiger partial charge in [0.05, 0.1) is 11.0 Å². The van der Waals surface area contributed by atoms with Gasteiger partial charge in [-0.3, -0.25) is 0 Å². The molecule has 6 heteroatoms. The van der Waals surface area contributed by atoms with E-state index in [1.54, 1.807) is 36.4 Å². The maximum Gasteiger partial charge on any atom is 0.130 e. The summed E-state index contributed by atoms with van der Waals surface area (Å²) in [6.45, 7) is 21.5. The average molecular weight is 1280 g/mol. The van der Waals surface area contributed by atoms with Crippen molar-refractivity contribution in [3.05, 3.63) is 253 Å². The topological polar surface area (TPSA) is 40.6 Å². The number of aryl methyl sites for hydroxylation is 1. The van der Waals surface area contributed by atoms with Gasteiger partial charge in [-0.25, -0.2) is 4.98 Å². The summed E-state index contributed by atoms with van der Waals surface area (Å²) in [4.78, 5) is 8.73. The number of hydrogen-bond donors (Lipinski definition) is 1. The van der Waals surface area contributed by atoms with Crippen LogP contribution in [0.2, 0.25) is 0 Å². The summed E-state index contributed by atoms with van der Waals surface area (Å²) in [5.74, 6) is 0.709. The van der Waals surface area contributed by atoms with Crippen LogP contribution in [0.3, 0.4) is 0 Å². The molecule has 0 spiro atoms. The van der Waals surface area contributed by atoms with Crippen LogP contribution >= 0.6 is 0 Å². The van der Waals surface area contributed by atoms with Crippen LogP contribution in [0, 0.1) is 25.7 Å². The van der Waals surface area contributed by atoms with Crippen LogP contribution in [0.15, 0.2) is 206 Å². The van der Waals surface area contributed by atoms with Gasteiger partial charge in [0.15, 0.2) is 0 Å². The Hall–Kier alpha value is -7.98. The van der Waals surface area contributed by atoms with Gasteiger partial charge in [0.2, 0.25) is 0 Å². The van der Waals surface area contributed by atoms with Gasteiger partial charge in [0, 0.05) is 82.3 Å². The van der Waals surface area contributed by atoms with Gasteiger partial charge in [-0.15, -0.1) is 48.3 Å². The van der Waals surface area contributed by atoms with E-state index in [1.807, 2.05) is 84.4 Å². The molecule has 0 saturated carbocycles. The standard InChI is InChI=1S/C77H73N4O.Pt/c1-51-43-72(78-49-66(51)56-37-40-67-68(46-56)77(10,11)42-41-76(67,8)9)79-69-28-16-15-25-63(69)54-35-38-61(39-36-54)82-62-24-19-23-60(48-62)80-50-81(71-30-18-17-29-70(71)80)73-64(55-33-31-53(32-34-55)52-21-13-12-14-22-52)26-20-27-65(73)57-44-58(74(2,3)4)47-59(45-57)75(5,6)7;/h12-38,40,43-47,49-50H,41-42H2,1-11H3,(H,78,79);/q-3;/i1D3,15D,16D,25D,28D,31D,32D,33D,34D;. The molecule has 1 aliphatic heterocycles. The number of rotatable bonds is 11. The molecule has 1 aliphatic carbocycles. The third-order valence-electron chi connectivity index (χ3n) is 16.2. The maximum atomic E-state index is 9.69. The second-order valence-corrected chi connectivity index (χ2v) is 24.9. The fourth-order valence-corrected chi connectivity index (χ4v) is 11.2. The molecule has 1 N–H and O–H groups in total. The van der Waals surface area contributed by atoms with Gasteiger partial charge >= 0.3 is 0 Å². The molecule has 0 amide bonds. The van der Waals surface area contributed by atoms with Crippen molar-refractivity contribution in [2.24, 2.45) is 0 Å². The summed E-state index contributed by atoms with van der Waals surface area (Å²) in [5.41, 5.74) is 11.9. The van der Waals surface area contributed by atoms with Crippen LogP contribution in [0.25, 0.3) is 55.6 Å².